The Kier molecular flexibility index (Phi) is 9.90. The molecule has 0 aromatic rings. The second-order valence-corrected chi connectivity index (χ2v) is 6.72. The summed E-state index contributed by atoms with van der Waals surface area (Å²) >= 11 is 0. The van der Waals surface area contributed by atoms with Crippen LogP contribution in [0.5, 0.6) is 0 Å². The molecule has 1 saturated carbocycles. The van der Waals surface area contributed by atoms with E-state index < -0.39 is 5.54 Å². The second kappa shape index (κ2) is 9.93. The van der Waals surface area contributed by atoms with Gasteiger partial charge >= 0.3 is 0 Å². The number of amides is 1. The summed E-state index contributed by atoms with van der Waals surface area (Å²) in [7, 11) is 0. The van der Waals surface area contributed by atoms with Crippen LogP contribution >= 0.6 is 24.8 Å². The average Bonchev–Trinajstić information content (AvgIpc) is 2.84. The monoisotopic (exact) mass is 355 g/mol. The molecule has 1 heterocycles. The number of nitrogens with one attached hydrogen (secondary N) is 1. The number of nitrogens with zero attached hydrogens (tertiary/aromatic N) is 1. The van der Waals surface area contributed by atoms with Gasteiger partial charge in [-0.1, -0.05) is 26.7 Å². The van der Waals surface area contributed by atoms with Gasteiger partial charge in [0.25, 0.3) is 0 Å². The normalized spacial score (nSPS) is 24.5. The summed E-state index contributed by atoms with van der Waals surface area (Å²) in [5.41, 5.74) is 5.52. The maximum absolute atomic E-state index is 12.2. The molecule has 3 N–H and O–H groups in total. The first-order valence-electron chi connectivity index (χ1n) is 7.91. The zero-order valence-corrected chi connectivity index (χ0v) is 15.3. The van der Waals surface area contributed by atoms with Gasteiger partial charge in [-0.25, -0.2) is 0 Å². The minimum Gasteiger partial charge on any atom is -0.374 e. The van der Waals surface area contributed by atoms with E-state index in [-0.39, 0.29) is 36.8 Å². The van der Waals surface area contributed by atoms with E-state index in [9.17, 15) is 4.79 Å². The summed E-state index contributed by atoms with van der Waals surface area (Å²) in [6.07, 6.45) is 3.84. The molecule has 0 aromatic heterocycles. The molecule has 1 amide bonds. The molecular weight excluding hydrogens is 325 g/mol. The van der Waals surface area contributed by atoms with Crippen LogP contribution in [0.2, 0.25) is 0 Å². The third kappa shape index (κ3) is 6.20. The SMILES string of the molecule is CC(C)CN1CCOC(CNC(=O)C2(N)CCCC2)C1.Cl.Cl. The maximum Gasteiger partial charge on any atom is 0.240 e. The van der Waals surface area contributed by atoms with Crippen molar-refractivity contribution < 1.29 is 9.53 Å². The highest BCUT2D eigenvalue weighted by atomic mass is 35.5. The topological polar surface area (TPSA) is 67.6 Å². The van der Waals surface area contributed by atoms with Crippen LogP contribution in [0.15, 0.2) is 0 Å². The van der Waals surface area contributed by atoms with Crippen molar-refractivity contribution in [2.45, 2.75) is 51.2 Å². The first kappa shape index (κ1) is 21.9. The van der Waals surface area contributed by atoms with E-state index in [0.717, 1.165) is 51.9 Å². The Morgan fingerprint density at radius 1 is 1.36 bits per heavy atom. The van der Waals surface area contributed by atoms with Gasteiger partial charge in [0, 0.05) is 26.2 Å². The van der Waals surface area contributed by atoms with Gasteiger partial charge in [0.15, 0.2) is 0 Å². The summed E-state index contributed by atoms with van der Waals surface area (Å²) in [6, 6.07) is 0. The van der Waals surface area contributed by atoms with Crippen molar-refractivity contribution >= 4 is 30.7 Å². The van der Waals surface area contributed by atoms with Gasteiger partial charge in [0.2, 0.25) is 5.91 Å². The Balaban J connectivity index is 0.00000220. The molecule has 1 unspecified atom stereocenters. The Labute approximate surface area is 146 Å². The smallest absolute Gasteiger partial charge is 0.240 e. The highest BCUT2D eigenvalue weighted by molar-refractivity contribution is 5.86. The van der Waals surface area contributed by atoms with Gasteiger partial charge in [-0.2, -0.15) is 0 Å². The van der Waals surface area contributed by atoms with E-state index >= 15 is 0 Å². The molecule has 7 heteroatoms. The van der Waals surface area contributed by atoms with Crippen LogP contribution in [0.4, 0.5) is 0 Å². The van der Waals surface area contributed by atoms with Crippen LogP contribution < -0.4 is 11.1 Å². The molecule has 1 aliphatic heterocycles. The fourth-order valence-corrected chi connectivity index (χ4v) is 3.20. The van der Waals surface area contributed by atoms with E-state index in [1.54, 1.807) is 0 Å². The minimum absolute atomic E-state index is 0. The molecule has 1 aliphatic carbocycles. The predicted octanol–water partition coefficient (Wildman–Crippen LogP) is 1.57. The Morgan fingerprint density at radius 2 is 2.00 bits per heavy atom. The fourth-order valence-electron chi connectivity index (χ4n) is 3.20. The lowest BCUT2D eigenvalue weighted by Gasteiger charge is -2.34. The van der Waals surface area contributed by atoms with Gasteiger partial charge in [0.1, 0.15) is 0 Å². The fraction of sp³-hybridized carbons (Fsp3) is 0.933. The number of morpholine rings is 1. The summed E-state index contributed by atoms with van der Waals surface area (Å²) in [5.74, 6) is 0.661. The van der Waals surface area contributed by atoms with Gasteiger partial charge in [-0.15, -0.1) is 24.8 Å². The summed E-state index contributed by atoms with van der Waals surface area (Å²) in [4.78, 5) is 14.6. The molecule has 0 radical (unpaired) electrons. The van der Waals surface area contributed by atoms with E-state index in [1.807, 2.05) is 0 Å². The number of hydrogen-bond acceptors (Lipinski definition) is 4. The number of hydrogen-bond donors (Lipinski definition) is 2. The van der Waals surface area contributed by atoms with E-state index in [0.29, 0.717) is 12.5 Å². The maximum atomic E-state index is 12.2. The summed E-state index contributed by atoms with van der Waals surface area (Å²) in [5, 5.41) is 2.99. The minimum atomic E-state index is -0.633. The highest BCUT2D eigenvalue weighted by Crippen LogP contribution is 2.27. The quantitative estimate of drug-likeness (QED) is 0.785. The van der Waals surface area contributed by atoms with E-state index in [4.69, 9.17) is 10.5 Å². The Bertz CT molecular complexity index is 337. The number of carbonyl (C=O) groups is 1. The number of nitrogens with two attached hydrogens (primary N) is 1. The molecule has 22 heavy (non-hydrogen) atoms. The molecule has 5 nitrogen and oxygen atoms in total. The van der Waals surface area contributed by atoms with Crippen molar-refractivity contribution in [1.82, 2.24) is 10.2 Å². The van der Waals surface area contributed by atoms with E-state index in [1.165, 1.54) is 0 Å². The standard InChI is InChI=1S/C15H29N3O2.2ClH/c1-12(2)10-18-7-8-20-13(11-18)9-17-14(19)15(16)5-3-4-6-15;;/h12-13H,3-11,16H2,1-2H3,(H,17,19);2*1H. The van der Waals surface area contributed by atoms with Crippen molar-refractivity contribution in [3.8, 4) is 0 Å². The number of carbonyl (C=O) groups excluding carboxylic acids is 1. The first-order chi connectivity index (χ1) is 9.49. The van der Waals surface area contributed by atoms with Crippen molar-refractivity contribution in [3.63, 3.8) is 0 Å². The molecular formula is C15H31Cl2N3O2. The van der Waals surface area contributed by atoms with E-state index in [2.05, 4.69) is 24.1 Å². The predicted molar refractivity (Wildman–Crippen MR) is 93.9 cm³/mol. The summed E-state index contributed by atoms with van der Waals surface area (Å²) < 4.78 is 5.74. The third-order valence-corrected chi connectivity index (χ3v) is 4.28. The number of ether oxygens (including phenoxy) is 1. The van der Waals surface area contributed by atoms with Crippen molar-refractivity contribution in [2.24, 2.45) is 11.7 Å². The van der Waals surface area contributed by atoms with Gasteiger partial charge < -0.3 is 15.8 Å². The van der Waals surface area contributed by atoms with Crippen LogP contribution in [0, 0.1) is 5.92 Å². The van der Waals surface area contributed by atoms with Crippen LogP contribution in [-0.4, -0.2) is 55.2 Å². The molecule has 1 atom stereocenters. The molecule has 0 aromatic carbocycles. The van der Waals surface area contributed by atoms with Gasteiger partial charge in [-0.3, -0.25) is 9.69 Å². The van der Waals surface area contributed by atoms with Crippen molar-refractivity contribution in [3.05, 3.63) is 0 Å². The zero-order valence-electron chi connectivity index (χ0n) is 13.7. The molecule has 2 aliphatic rings. The van der Waals surface area contributed by atoms with Crippen LogP contribution in [0.3, 0.4) is 0 Å². The lowest BCUT2D eigenvalue weighted by Crippen LogP contribution is -2.55. The van der Waals surface area contributed by atoms with Crippen LogP contribution in [0.1, 0.15) is 39.5 Å². The van der Waals surface area contributed by atoms with Gasteiger partial charge in [-0.05, 0) is 18.8 Å². The zero-order chi connectivity index (χ0) is 14.6. The highest BCUT2D eigenvalue weighted by Gasteiger charge is 2.37. The lowest BCUT2D eigenvalue weighted by molar-refractivity contribution is -0.127. The Morgan fingerprint density at radius 3 is 2.59 bits per heavy atom. The molecule has 1 saturated heterocycles. The second-order valence-electron chi connectivity index (χ2n) is 6.72. The van der Waals surface area contributed by atoms with Crippen LogP contribution in [0.25, 0.3) is 0 Å². The first-order valence-corrected chi connectivity index (χ1v) is 7.91. The lowest BCUT2D eigenvalue weighted by atomic mass is 9.98. The van der Waals surface area contributed by atoms with Crippen LogP contribution in [-0.2, 0) is 9.53 Å². The molecule has 0 spiro atoms. The van der Waals surface area contributed by atoms with Crippen molar-refractivity contribution in [1.29, 1.82) is 0 Å². The third-order valence-electron chi connectivity index (χ3n) is 4.28. The summed E-state index contributed by atoms with van der Waals surface area (Å²) in [6.45, 7) is 8.76. The number of rotatable bonds is 5. The largest absolute Gasteiger partial charge is 0.374 e. The molecule has 132 valence electrons. The molecule has 2 fully saturated rings. The Hall–Kier alpha value is -0.0700. The average molecular weight is 356 g/mol. The van der Waals surface area contributed by atoms with Crippen molar-refractivity contribution in [2.75, 3.05) is 32.8 Å². The van der Waals surface area contributed by atoms with Gasteiger partial charge in [0.05, 0.1) is 18.2 Å². The number of halogens is 2. The molecule has 2 rings (SSSR count). The molecule has 0 bridgehead atoms.